The Balaban J connectivity index is 2.38. The maximum Gasteiger partial charge on any atom is 0.265 e. The second-order valence-electron chi connectivity index (χ2n) is 3.85. The van der Waals surface area contributed by atoms with Crippen LogP contribution in [-0.2, 0) is 16.6 Å². The molecule has 0 saturated carbocycles. The fraction of sp³-hybridized carbons (Fsp3) is 0.182. The molecule has 0 fully saturated rings. The quantitative estimate of drug-likeness (QED) is 0.844. The van der Waals surface area contributed by atoms with Gasteiger partial charge in [0.1, 0.15) is 4.90 Å². The van der Waals surface area contributed by atoms with Gasteiger partial charge in [0.25, 0.3) is 10.0 Å². The number of nitrogen functional groups attached to an aromatic ring is 1. The van der Waals surface area contributed by atoms with Crippen LogP contribution in [0.15, 0.2) is 35.5 Å². The van der Waals surface area contributed by atoms with Crippen LogP contribution in [0.2, 0.25) is 5.02 Å². The van der Waals surface area contributed by atoms with Crippen molar-refractivity contribution >= 4 is 33.0 Å². The average molecular weight is 301 g/mol. The summed E-state index contributed by atoms with van der Waals surface area (Å²) in [6.07, 6.45) is 3.01. The smallest absolute Gasteiger partial charge is 0.265 e. The molecule has 3 N–H and O–H groups in total. The lowest BCUT2D eigenvalue weighted by Gasteiger charge is -2.09. The normalized spacial score (nSPS) is 11.5. The van der Waals surface area contributed by atoms with Gasteiger partial charge in [0, 0.05) is 12.7 Å². The zero-order valence-corrected chi connectivity index (χ0v) is 11.7. The lowest BCUT2D eigenvalue weighted by atomic mass is 10.3. The summed E-state index contributed by atoms with van der Waals surface area (Å²) in [6.45, 7) is 2.55. The van der Waals surface area contributed by atoms with Crippen LogP contribution in [0.1, 0.15) is 6.92 Å². The number of nitrogens with zero attached hydrogens (tertiary/aromatic N) is 2. The Kier molecular flexibility index (Phi) is 3.68. The molecule has 6 nitrogen and oxygen atoms in total. The second-order valence-corrected chi connectivity index (χ2v) is 5.87. The molecule has 0 unspecified atom stereocenters. The Morgan fingerprint density at radius 1 is 1.47 bits per heavy atom. The Morgan fingerprint density at radius 3 is 2.79 bits per heavy atom. The highest BCUT2D eigenvalue weighted by molar-refractivity contribution is 7.93. The highest BCUT2D eigenvalue weighted by Gasteiger charge is 2.21. The number of rotatable bonds is 4. The van der Waals surface area contributed by atoms with Crippen molar-refractivity contribution in [2.45, 2.75) is 18.4 Å². The van der Waals surface area contributed by atoms with Crippen LogP contribution >= 0.6 is 11.6 Å². The summed E-state index contributed by atoms with van der Waals surface area (Å²) in [5.74, 6) is 0. The fourth-order valence-electron chi connectivity index (χ4n) is 1.60. The van der Waals surface area contributed by atoms with Crippen LogP contribution in [0.25, 0.3) is 0 Å². The first-order valence-electron chi connectivity index (χ1n) is 5.53. The number of hydrogen-bond donors (Lipinski definition) is 2. The van der Waals surface area contributed by atoms with Crippen molar-refractivity contribution < 1.29 is 8.42 Å². The van der Waals surface area contributed by atoms with E-state index in [1.807, 2.05) is 6.92 Å². The van der Waals surface area contributed by atoms with E-state index < -0.39 is 10.0 Å². The summed E-state index contributed by atoms with van der Waals surface area (Å²) < 4.78 is 28.5. The molecule has 1 aromatic heterocycles. The number of anilines is 2. The van der Waals surface area contributed by atoms with E-state index in [1.54, 1.807) is 16.9 Å². The van der Waals surface area contributed by atoms with Crippen molar-refractivity contribution in [1.29, 1.82) is 0 Å². The number of nitrogens with one attached hydrogen (secondary N) is 1. The van der Waals surface area contributed by atoms with Crippen LogP contribution in [0.5, 0.6) is 0 Å². The van der Waals surface area contributed by atoms with Gasteiger partial charge in [0.2, 0.25) is 0 Å². The molecule has 19 heavy (non-hydrogen) atoms. The summed E-state index contributed by atoms with van der Waals surface area (Å²) >= 11 is 5.89. The van der Waals surface area contributed by atoms with E-state index in [9.17, 15) is 8.42 Å². The molecule has 0 aliphatic carbocycles. The molecule has 2 rings (SSSR count). The molecule has 0 atom stereocenters. The van der Waals surface area contributed by atoms with Gasteiger partial charge in [-0.2, -0.15) is 5.10 Å². The third-order valence-electron chi connectivity index (χ3n) is 2.48. The zero-order chi connectivity index (χ0) is 14.0. The predicted molar refractivity (Wildman–Crippen MR) is 74.6 cm³/mol. The van der Waals surface area contributed by atoms with Crippen molar-refractivity contribution in [3.63, 3.8) is 0 Å². The van der Waals surface area contributed by atoms with Gasteiger partial charge >= 0.3 is 0 Å². The van der Waals surface area contributed by atoms with Crippen LogP contribution < -0.4 is 10.5 Å². The summed E-state index contributed by atoms with van der Waals surface area (Å²) in [7, 11) is -3.83. The first kappa shape index (κ1) is 13.7. The minimum Gasteiger partial charge on any atom is -0.398 e. The molecule has 102 valence electrons. The van der Waals surface area contributed by atoms with E-state index in [-0.39, 0.29) is 15.6 Å². The molecule has 0 bridgehead atoms. The molecular weight excluding hydrogens is 288 g/mol. The maximum atomic E-state index is 12.2. The molecule has 0 radical (unpaired) electrons. The number of nitrogens with two attached hydrogens (primary N) is 1. The van der Waals surface area contributed by atoms with Gasteiger partial charge in [-0.1, -0.05) is 17.7 Å². The Morgan fingerprint density at radius 2 is 2.21 bits per heavy atom. The molecule has 0 amide bonds. The van der Waals surface area contributed by atoms with E-state index in [4.69, 9.17) is 17.3 Å². The minimum atomic E-state index is -3.83. The lowest BCUT2D eigenvalue weighted by Crippen LogP contribution is -2.15. The van der Waals surface area contributed by atoms with Gasteiger partial charge in [0.05, 0.1) is 22.6 Å². The fourth-order valence-corrected chi connectivity index (χ4v) is 3.31. The molecule has 0 aliphatic heterocycles. The van der Waals surface area contributed by atoms with Gasteiger partial charge < -0.3 is 5.73 Å². The Hall–Kier alpha value is -1.73. The van der Waals surface area contributed by atoms with Crippen LogP contribution in [0, 0.1) is 0 Å². The maximum absolute atomic E-state index is 12.2. The van der Waals surface area contributed by atoms with E-state index >= 15 is 0 Å². The molecule has 1 aromatic carbocycles. The number of benzene rings is 1. The largest absolute Gasteiger partial charge is 0.398 e. The van der Waals surface area contributed by atoms with Crippen molar-refractivity contribution in [2.75, 3.05) is 10.5 Å². The SMILES string of the molecule is CCn1cc(NS(=O)(=O)c2c(N)cccc2Cl)cn1. The molecule has 0 saturated heterocycles. The number of aromatic nitrogens is 2. The second kappa shape index (κ2) is 5.10. The summed E-state index contributed by atoms with van der Waals surface area (Å²) in [4.78, 5) is -0.124. The summed E-state index contributed by atoms with van der Waals surface area (Å²) in [5, 5.41) is 4.06. The van der Waals surface area contributed by atoms with Gasteiger partial charge in [-0.3, -0.25) is 9.40 Å². The molecule has 1 heterocycles. The topological polar surface area (TPSA) is 90.0 Å². The molecule has 0 aliphatic rings. The van der Waals surface area contributed by atoms with E-state index in [0.29, 0.717) is 12.2 Å². The third-order valence-corrected chi connectivity index (χ3v) is 4.40. The van der Waals surface area contributed by atoms with E-state index in [0.717, 1.165) is 0 Å². The van der Waals surface area contributed by atoms with Crippen LogP contribution in [-0.4, -0.2) is 18.2 Å². The van der Waals surface area contributed by atoms with Crippen molar-refractivity contribution in [2.24, 2.45) is 0 Å². The Bertz CT molecular complexity index is 676. The van der Waals surface area contributed by atoms with Crippen LogP contribution in [0.4, 0.5) is 11.4 Å². The number of aryl methyl sites for hydroxylation is 1. The number of sulfonamides is 1. The highest BCUT2D eigenvalue weighted by Crippen LogP contribution is 2.28. The van der Waals surface area contributed by atoms with E-state index in [2.05, 4.69) is 9.82 Å². The first-order valence-corrected chi connectivity index (χ1v) is 7.39. The zero-order valence-electron chi connectivity index (χ0n) is 10.2. The van der Waals surface area contributed by atoms with E-state index in [1.165, 1.54) is 18.3 Å². The predicted octanol–water partition coefficient (Wildman–Crippen LogP) is 1.94. The minimum absolute atomic E-state index is 0.0791. The van der Waals surface area contributed by atoms with Crippen molar-refractivity contribution in [1.82, 2.24) is 9.78 Å². The number of halogens is 1. The van der Waals surface area contributed by atoms with Gasteiger partial charge in [-0.15, -0.1) is 0 Å². The molecule has 0 spiro atoms. The summed E-state index contributed by atoms with van der Waals surface area (Å²) in [5.41, 5.74) is 6.13. The van der Waals surface area contributed by atoms with Crippen molar-refractivity contribution in [3.05, 3.63) is 35.6 Å². The van der Waals surface area contributed by atoms with Gasteiger partial charge in [0.15, 0.2) is 0 Å². The highest BCUT2D eigenvalue weighted by atomic mass is 35.5. The standard InChI is InChI=1S/C11H13ClN4O2S/c1-2-16-7-8(6-14-16)15-19(17,18)11-9(12)4-3-5-10(11)13/h3-7,15H,2,13H2,1H3. The first-order chi connectivity index (χ1) is 8.94. The number of hydrogen-bond acceptors (Lipinski definition) is 4. The molecule has 2 aromatic rings. The molecule has 8 heteroatoms. The molecular formula is C11H13ClN4O2S. The Labute approximate surface area is 116 Å². The average Bonchev–Trinajstić information content (AvgIpc) is 2.75. The monoisotopic (exact) mass is 300 g/mol. The van der Waals surface area contributed by atoms with Crippen molar-refractivity contribution in [3.8, 4) is 0 Å². The van der Waals surface area contributed by atoms with Gasteiger partial charge in [-0.25, -0.2) is 8.42 Å². The van der Waals surface area contributed by atoms with Crippen LogP contribution in [0.3, 0.4) is 0 Å². The summed E-state index contributed by atoms with van der Waals surface area (Å²) in [6, 6.07) is 4.55. The van der Waals surface area contributed by atoms with Gasteiger partial charge in [-0.05, 0) is 19.1 Å². The third kappa shape index (κ3) is 2.82. The lowest BCUT2D eigenvalue weighted by molar-refractivity contribution is 0.601.